The average Bonchev–Trinajstić information content (AvgIpc) is 2.66. The molecule has 0 bridgehead atoms. The molecule has 1 aliphatic carbocycles. The quantitative estimate of drug-likeness (QED) is 0.412. The Morgan fingerprint density at radius 2 is 1.82 bits per heavy atom. The maximum atomic E-state index is 11.7. The number of carbonyl (C=O) groups excluding carboxylic acids is 1. The van der Waals surface area contributed by atoms with Gasteiger partial charge in [0, 0.05) is 0 Å². The van der Waals surface area contributed by atoms with E-state index >= 15 is 0 Å². The van der Waals surface area contributed by atoms with Gasteiger partial charge in [-0.1, -0.05) is 0 Å². The number of pyridine rings is 1. The van der Waals surface area contributed by atoms with Crippen LogP contribution < -0.4 is 4.46 Å². The molecule has 0 unspecified atom stereocenters. The van der Waals surface area contributed by atoms with Crippen molar-refractivity contribution in [2.75, 3.05) is 6.61 Å². The van der Waals surface area contributed by atoms with Gasteiger partial charge in [0.05, 0.1) is 0 Å². The first-order valence-electron chi connectivity index (χ1n) is 9.69. The predicted octanol–water partition coefficient (Wildman–Crippen LogP) is 3.95. The number of esters is 1. The molecule has 3 rings (SSSR count). The first-order valence-corrected chi connectivity index (χ1v) is 11.4. The molecule has 0 aliphatic heterocycles. The van der Waals surface area contributed by atoms with Gasteiger partial charge < -0.3 is 0 Å². The Labute approximate surface area is 174 Å². The van der Waals surface area contributed by atoms with Crippen molar-refractivity contribution < 1.29 is 9.53 Å². The van der Waals surface area contributed by atoms with Gasteiger partial charge in [-0.25, -0.2) is 0 Å². The fourth-order valence-corrected chi connectivity index (χ4v) is 4.83. The SMILES string of the molecule is CCOC(=O)c1ccc(C#C[Se]c2ccc3c(c2)C(C)(C)CCC3(C)C)cn1. The van der Waals surface area contributed by atoms with Gasteiger partial charge in [-0.2, -0.15) is 0 Å². The molecule has 1 aromatic heterocycles. The molecule has 28 heavy (non-hydrogen) atoms. The molecule has 0 fully saturated rings. The zero-order chi connectivity index (χ0) is 20.4. The Balaban J connectivity index is 1.75. The normalized spacial score (nSPS) is 16.5. The van der Waals surface area contributed by atoms with Gasteiger partial charge in [-0.3, -0.25) is 0 Å². The monoisotopic (exact) mass is 441 g/mol. The van der Waals surface area contributed by atoms with Crippen molar-refractivity contribution >= 4 is 25.4 Å². The molecule has 0 saturated heterocycles. The number of hydrogen-bond donors (Lipinski definition) is 0. The minimum atomic E-state index is -0.397. The molecule has 0 saturated carbocycles. The summed E-state index contributed by atoms with van der Waals surface area (Å²) in [5, 5.41) is 0. The molecule has 1 aliphatic rings. The van der Waals surface area contributed by atoms with Crippen molar-refractivity contribution in [1.29, 1.82) is 0 Å². The van der Waals surface area contributed by atoms with Crippen LogP contribution in [0.4, 0.5) is 0 Å². The van der Waals surface area contributed by atoms with E-state index in [0.717, 1.165) is 5.56 Å². The van der Waals surface area contributed by atoms with Gasteiger partial charge in [0.2, 0.25) is 0 Å². The second-order valence-corrected chi connectivity index (χ2v) is 10.3. The van der Waals surface area contributed by atoms with Crippen molar-refractivity contribution in [2.24, 2.45) is 0 Å². The molecule has 0 atom stereocenters. The van der Waals surface area contributed by atoms with Crippen molar-refractivity contribution in [3.63, 3.8) is 0 Å². The van der Waals surface area contributed by atoms with Gasteiger partial charge in [0.1, 0.15) is 0 Å². The third-order valence-electron chi connectivity index (χ3n) is 5.44. The number of hydrogen-bond acceptors (Lipinski definition) is 3. The van der Waals surface area contributed by atoms with E-state index in [0.29, 0.717) is 12.3 Å². The van der Waals surface area contributed by atoms with E-state index in [1.54, 1.807) is 19.2 Å². The molecule has 1 heterocycles. The number of benzene rings is 1. The zero-order valence-electron chi connectivity index (χ0n) is 17.3. The van der Waals surface area contributed by atoms with Crippen LogP contribution in [0.25, 0.3) is 0 Å². The van der Waals surface area contributed by atoms with Crippen LogP contribution in [0.1, 0.15) is 74.6 Å². The number of nitrogens with zero attached hydrogens (tertiary/aromatic N) is 1. The van der Waals surface area contributed by atoms with Crippen LogP contribution in [-0.4, -0.2) is 32.5 Å². The van der Waals surface area contributed by atoms with Gasteiger partial charge in [0.25, 0.3) is 0 Å². The second kappa shape index (κ2) is 8.11. The third-order valence-corrected chi connectivity index (χ3v) is 6.89. The minimum absolute atomic E-state index is 0.0759. The number of ether oxygens (including phenoxy) is 1. The van der Waals surface area contributed by atoms with E-state index in [4.69, 9.17) is 4.74 Å². The van der Waals surface area contributed by atoms with Crippen LogP contribution in [-0.2, 0) is 15.6 Å². The molecule has 3 nitrogen and oxygen atoms in total. The number of fused-ring (bicyclic) bond motifs is 1. The first kappa shape index (κ1) is 20.6. The molecule has 146 valence electrons. The van der Waals surface area contributed by atoms with Gasteiger partial charge in [-0.05, 0) is 0 Å². The number of aromatic nitrogens is 1. The van der Waals surface area contributed by atoms with E-state index < -0.39 is 5.97 Å². The van der Waals surface area contributed by atoms with Crippen molar-refractivity contribution in [3.8, 4) is 10.7 Å². The molecular weight excluding hydrogens is 413 g/mol. The molecule has 0 amide bonds. The molecule has 0 radical (unpaired) electrons. The summed E-state index contributed by atoms with van der Waals surface area (Å²) in [6.07, 6.45) is 4.08. The summed E-state index contributed by atoms with van der Waals surface area (Å²) >= 11 is 0.0759. The molecule has 2 aromatic rings. The van der Waals surface area contributed by atoms with Crippen molar-refractivity contribution in [3.05, 3.63) is 58.9 Å². The summed E-state index contributed by atoms with van der Waals surface area (Å²) in [7, 11) is 0. The van der Waals surface area contributed by atoms with Crippen LogP contribution in [0.15, 0.2) is 36.5 Å². The average molecular weight is 440 g/mol. The van der Waals surface area contributed by atoms with Crippen LogP contribution in [0.2, 0.25) is 0 Å². The van der Waals surface area contributed by atoms with Crippen LogP contribution >= 0.6 is 0 Å². The first-order chi connectivity index (χ1) is 13.2. The summed E-state index contributed by atoms with van der Waals surface area (Å²) in [4.78, 5) is 19.1. The maximum absolute atomic E-state index is 11.7. The molecular formula is C24H27NO2Se. The standard InChI is InChI=1S/C24H27NO2Se/c1-6-27-22(26)21-10-7-17(16-25-21)11-14-28-18-8-9-19-20(15-18)24(4,5)13-12-23(19,2)3/h7-10,15-16H,6,12-13H2,1-5H3. The Morgan fingerprint density at radius 3 is 2.46 bits per heavy atom. The molecule has 4 heteroatoms. The molecule has 0 spiro atoms. The Morgan fingerprint density at radius 1 is 1.11 bits per heavy atom. The summed E-state index contributed by atoms with van der Waals surface area (Å²) in [5.74, 6) is 2.77. The van der Waals surface area contributed by atoms with Gasteiger partial charge in [0.15, 0.2) is 0 Å². The third kappa shape index (κ3) is 4.49. The van der Waals surface area contributed by atoms with Gasteiger partial charge in [-0.15, -0.1) is 0 Å². The van der Waals surface area contributed by atoms with Crippen LogP contribution in [0.5, 0.6) is 0 Å². The summed E-state index contributed by atoms with van der Waals surface area (Å²) < 4.78 is 6.26. The van der Waals surface area contributed by atoms with Crippen LogP contribution in [0.3, 0.4) is 0 Å². The number of carbonyl (C=O) groups is 1. The Bertz CT molecular complexity index is 933. The summed E-state index contributed by atoms with van der Waals surface area (Å²) in [6, 6.07) is 10.4. The fourth-order valence-electron chi connectivity index (χ4n) is 3.57. The van der Waals surface area contributed by atoms with Crippen LogP contribution in [0, 0.1) is 10.7 Å². The summed E-state index contributed by atoms with van der Waals surface area (Å²) in [5.41, 5.74) is 4.55. The van der Waals surface area contributed by atoms with E-state index in [1.807, 2.05) is 6.07 Å². The Hall–Kier alpha value is -2.08. The van der Waals surface area contributed by atoms with Gasteiger partial charge >= 0.3 is 174 Å². The predicted molar refractivity (Wildman–Crippen MR) is 114 cm³/mol. The van der Waals surface area contributed by atoms with E-state index in [9.17, 15) is 4.79 Å². The summed E-state index contributed by atoms with van der Waals surface area (Å²) in [6.45, 7) is 11.5. The van der Waals surface area contributed by atoms with Crippen molar-refractivity contribution in [1.82, 2.24) is 4.98 Å². The molecule has 1 aromatic carbocycles. The fraction of sp³-hybridized carbons (Fsp3) is 0.417. The molecule has 0 N–H and O–H groups in total. The van der Waals surface area contributed by atoms with E-state index in [-0.39, 0.29) is 25.8 Å². The topological polar surface area (TPSA) is 39.2 Å². The van der Waals surface area contributed by atoms with Crippen molar-refractivity contribution in [2.45, 2.75) is 58.3 Å². The zero-order valence-corrected chi connectivity index (χ0v) is 19.0. The second-order valence-electron chi connectivity index (χ2n) is 8.46. The van der Waals surface area contributed by atoms with E-state index in [2.05, 4.69) is 61.6 Å². The van der Waals surface area contributed by atoms with E-state index in [1.165, 1.54) is 28.4 Å². The number of rotatable bonds is 3. The Kier molecular flexibility index (Phi) is 5.98.